The molecule has 45 heavy (non-hydrogen) atoms. The zero-order valence-electron chi connectivity index (χ0n) is 29.0. The van der Waals surface area contributed by atoms with E-state index in [0.717, 1.165) is 12.8 Å². The summed E-state index contributed by atoms with van der Waals surface area (Å²) in [5.74, 6) is -2.23. The predicted octanol–water partition coefficient (Wildman–Crippen LogP) is 2.89. The number of nitrogens with one attached hydrogen (secondary N) is 4. The van der Waals surface area contributed by atoms with Crippen molar-refractivity contribution in [3.05, 3.63) is 0 Å². The van der Waals surface area contributed by atoms with Crippen LogP contribution in [-0.2, 0) is 24.0 Å². The van der Waals surface area contributed by atoms with Gasteiger partial charge in [-0.25, -0.2) is 4.79 Å². The molecule has 5 unspecified atom stereocenters. The fraction of sp³-hybridized carbons (Fsp3) is 0.818. The molecule has 2 heterocycles. The van der Waals surface area contributed by atoms with Gasteiger partial charge in [0.25, 0.3) is 5.91 Å². The van der Waals surface area contributed by atoms with E-state index in [1.165, 1.54) is 4.90 Å². The summed E-state index contributed by atoms with van der Waals surface area (Å²) in [6.07, 6.45) is 4.84. The third-order valence-electron chi connectivity index (χ3n) is 8.83. The summed E-state index contributed by atoms with van der Waals surface area (Å²) in [5.41, 5.74) is -1.04. The number of piperidine rings is 1. The number of ketones is 1. The Morgan fingerprint density at radius 2 is 1.53 bits per heavy atom. The maximum absolute atomic E-state index is 14.0. The summed E-state index contributed by atoms with van der Waals surface area (Å²) < 4.78 is 0. The fourth-order valence-corrected chi connectivity index (χ4v) is 5.64. The molecule has 4 N–H and O–H groups in total. The van der Waals surface area contributed by atoms with Gasteiger partial charge in [-0.3, -0.25) is 24.0 Å². The Balaban J connectivity index is 2.17. The summed E-state index contributed by atoms with van der Waals surface area (Å²) in [4.78, 5) is 82.1. The lowest BCUT2D eigenvalue weighted by molar-refractivity contribution is -0.144. The van der Waals surface area contributed by atoms with Gasteiger partial charge < -0.3 is 31.1 Å². The highest BCUT2D eigenvalue weighted by Crippen LogP contribution is 2.27. The van der Waals surface area contributed by atoms with E-state index in [2.05, 4.69) is 21.3 Å². The summed E-state index contributed by atoms with van der Waals surface area (Å²) in [6.45, 7) is 18.5. The molecule has 2 rings (SSSR count). The maximum atomic E-state index is 14.0. The van der Waals surface area contributed by atoms with Gasteiger partial charge in [0.1, 0.15) is 12.1 Å². The molecular formula is C33H58N6O6. The van der Waals surface area contributed by atoms with Gasteiger partial charge in [-0.15, -0.1) is 0 Å². The lowest BCUT2D eigenvalue weighted by atomic mass is 9.85. The van der Waals surface area contributed by atoms with Gasteiger partial charge in [0.05, 0.1) is 12.1 Å². The van der Waals surface area contributed by atoms with E-state index in [4.69, 9.17) is 0 Å². The van der Waals surface area contributed by atoms with Gasteiger partial charge in [-0.2, -0.15) is 0 Å². The topological polar surface area (TPSA) is 157 Å². The van der Waals surface area contributed by atoms with Gasteiger partial charge in [0.15, 0.2) is 0 Å². The van der Waals surface area contributed by atoms with E-state index in [1.807, 2.05) is 55.4 Å². The standard InChI is InChI=1S/C33H58N6O6/c1-10-15-22(26(41)29(43)34-21(3)11-2)35-28(42)23-16-14-19-39(23)30(44)27(33(7,8)9)37-31(45)36-24(32(4,5)6)20-38-18-13-12-17-25(38)40/h21-24,27H,10-20H2,1-9H3,(H,34,43)(H,35,42)(H2,36,37,45). The average molecular weight is 635 g/mol. The van der Waals surface area contributed by atoms with Crippen LogP contribution < -0.4 is 21.3 Å². The Labute approximate surface area is 269 Å². The third kappa shape index (κ3) is 11.0. The summed E-state index contributed by atoms with van der Waals surface area (Å²) in [5, 5.41) is 11.3. The largest absolute Gasteiger partial charge is 0.347 e. The van der Waals surface area contributed by atoms with Crippen molar-refractivity contribution in [3.63, 3.8) is 0 Å². The third-order valence-corrected chi connectivity index (χ3v) is 8.83. The lowest BCUT2D eigenvalue weighted by Gasteiger charge is -2.39. The molecule has 0 saturated carbocycles. The molecule has 256 valence electrons. The van der Waals surface area contributed by atoms with Crippen LogP contribution in [0.25, 0.3) is 0 Å². The van der Waals surface area contributed by atoms with Crippen molar-refractivity contribution in [2.75, 3.05) is 19.6 Å². The second-order valence-electron chi connectivity index (χ2n) is 14.8. The number of hydrogen-bond acceptors (Lipinski definition) is 6. The van der Waals surface area contributed by atoms with Crippen LogP contribution in [0.4, 0.5) is 4.79 Å². The maximum Gasteiger partial charge on any atom is 0.315 e. The Kier molecular flexibility index (Phi) is 13.9. The minimum Gasteiger partial charge on any atom is -0.347 e. The molecule has 6 amide bonds. The molecule has 2 saturated heterocycles. The molecule has 0 bridgehead atoms. The SMILES string of the molecule is CCCC(NC(=O)C1CCCN1C(=O)C(NC(=O)NC(CN1CCCCC1=O)C(C)(C)C)C(C)(C)C)C(=O)C(=O)NC(C)CC. The molecule has 2 fully saturated rings. The van der Waals surface area contributed by atoms with E-state index in [-0.39, 0.29) is 29.3 Å². The first-order chi connectivity index (χ1) is 20.9. The molecular weight excluding hydrogens is 576 g/mol. The molecule has 0 aromatic carbocycles. The highest BCUT2D eigenvalue weighted by Gasteiger charge is 2.43. The molecule has 0 aromatic heterocycles. The molecule has 2 aliphatic heterocycles. The van der Waals surface area contributed by atoms with Crippen LogP contribution in [0.15, 0.2) is 0 Å². The second-order valence-corrected chi connectivity index (χ2v) is 14.8. The molecule has 0 aliphatic carbocycles. The number of carbonyl (C=O) groups is 6. The monoisotopic (exact) mass is 634 g/mol. The van der Waals surface area contributed by atoms with Gasteiger partial charge in [0, 0.05) is 32.1 Å². The highest BCUT2D eigenvalue weighted by atomic mass is 16.2. The van der Waals surface area contributed by atoms with Gasteiger partial charge in [-0.1, -0.05) is 61.8 Å². The zero-order valence-corrected chi connectivity index (χ0v) is 29.0. The normalized spacial score (nSPS) is 20.1. The lowest BCUT2D eigenvalue weighted by Crippen LogP contribution is -2.62. The van der Waals surface area contributed by atoms with Crippen LogP contribution in [0.5, 0.6) is 0 Å². The Hall–Kier alpha value is -3.18. The van der Waals surface area contributed by atoms with Crippen molar-refractivity contribution in [3.8, 4) is 0 Å². The number of Topliss-reactive ketones (excluding diaryl/α,β-unsaturated/α-hetero) is 1. The van der Waals surface area contributed by atoms with Crippen molar-refractivity contribution in [1.82, 2.24) is 31.1 Å². The minimum absolute atomic E-state index is 0.0813. The van der Waals surface area contributed by atoms with Crippen LogP contribution in [-0.4, -0.2) is 95.1 Å². The molecule has 2 aliphatic rings. The fourth-order valence-electron chi connectivity index (χ4n) is 5.64. The van der Waals surface area contributed by atoms with Crippen molar-refractivity contribution in [2.24, 2.45) is 10.8 Å². The van der Waals surface area contributed by atoms with E-state index < -0.39 is 47.2 Å². The molecule has 12 heteroatoms. The number of carbonyl (C=O) groups excluding carboxylic acids is 6. The quantitative estimate of drug-likeness (QED) is 0.228. The van der Waals surface area contributed by atoms with Crippen LogP contribution in [0, 0.1) is 10.8 Å². The van der Waals surface area contributed by atoms with Crippen LogP contribution >= 0.6 is 0 Å². The summed E-state index contributed by atoms with van der Waals surface area (Å²) in [6, 6.07) is -3.82. The molecule has 0 spiro atoms. The van der Waals surface area contributed by atoms with Crippen LogP contribution in [0.1, 0.15) is 114 Å². The summed E-state index contributed by atoms with van der Waals surface area (Å²) in [7, 11) is 0. The van der Waals surface area contributed by atoms with Crippen molar-refractivity contribution in [2.45, 2.75) is 144 Å². The van der Waals surface area contributed by atoms with Gasteiger partial charge in [-0.05, 0) is 56.3 Å². The number of urea groups is 1. The Bertz CT molecular complexity index is 1080. The zero-order chi connectivity index (χ0) is 34.1. The molecule has 0 radical (unpaired) electrons. The number of hydrogen-bond donors (Lipinski definition) is 4. The summed E-state index contributed by atoms with van der Waals surface area (Å²) >= 11 is 0. The number of nitrogens with zero attached hydrogens (tertiary/aromatic N) is 2. The van der Waals surface area contributed by atoms with Crippen LogP contribution in [0.3, 0.4) is 0 Å². The number of likely N-dealkylation sites (tertiary alicyclic amines) is 2. The van der Waals surface area contributed by atoms with Gasteiger partial charge >= 0.3 is 6.03 Å². The first-order valence-corrected chi connectivity index (χ1v) is 16.7. The van der Waals surface area contributed by atoms with E-state index in [9.17, 15) is 28.8 Å². The number of rotatable bonds is 13. The molecule has 12 nitrogen and oxygen atoms in total. The molecule has 5 atom stereocenters. The number of amides is 6. The average Bonchev–Trinajstić information content (AvgIpc) is 3.45. The Morgan fingerprint density at radius 1 is 0.867 bits per heavy atom. The predicted molar refractivity (Wildman–Crippen MR) is 173 cm³/mol. The first-order valence-electron chi connectivity index (χ1n) is 16.7. The van der Waals surface area contributed by atoms with E-state index in [0.29, 0.717) is 58.2 Å². The minimum atomic E-state index is -0.993. The second kappa shape index (κ2) is 16.4. The van der Waals surface area contributed by atoms with E-state index >= 15 is 0 Å². The van der Waals surface area contributed by atoms with Crippen molar-refractivity contribution < 1.29 is 28.8 Å². The smallest absolute Gasteiger partial charge is 0.315 e. The highest BCUT2D eigenvalue weighted by molar-refractivity contribution is 6.38. The van der Waals surface area contributed by atoms with Crippen molar-refractivity contribution in [1.29, 1.82) is 0 Å². The van der Waals surface area contributed by atoms with E-state index in [1.54, 1.807) is 11.8 Å². The van der Waals surface area contributed by atoms with Gasteiger partial charge in [0.2, 0.25) is 23.5 Å². The Morgan fingerprint density at radius 3 is 2.09 bits per heavy atom. The first kappa shape index (κ1) is 38.0. The van der Waals surface area contributed by atoms with Crippen LogP contribution in [0.2, 0.25) is 0 Å². The van der Waals surface area contributed by atoms with Crippen molar-refractivity contribution >= 4 is 35.4 Å². The molecule has 0 aromatic rings.